The molecule has 0 radical (unpaired) electrons. The van der Waals surface area contributed by atoms with Crippen LogP contribution >= 0.6 is 0 Å². The molecule has 2 N–H and O–H groups in total. The minimum Gasteiger partial charge on any atom is -0.496 e. The molecule has 0 bridgehead atoms. The van der Waals surface area contributed by atoms with E-state index in [0.29, 0.717) is 0 Å². The van der Waals surface area contributed by atoms with E-state index in [1.165, 1.54) is 25.9 Å². The van der Waals surface area contributed by atoms with Crippen LogP contribution in [0.5, 0.6) is 0 Å². The van der Waals surface area contributed by atoms with Gasteiger partial charge in [-0.2, -0.15) is 0 Å². The Kier molecular flexibility index (Phi) is 3.55. The molecule has 0 aromatic rings. The van der Waals surface area contributed by atoms with Crippen LogP contribution in [-0.4, -0.2) is 36.2 Å². The van der Waals surface area contributed by atoms with Gasteiger partial charge in [0.2, 0.25) is 0 Å². The van der Waals surface area contributed by atoms with Gasteiger partial charge in [-0.05, 0) is 45.4 Å². The van der Waals surface area contributed by atoms with E-state index in [1.54, 1.807) is 0 Å². The molecular formula is C13H24N2O. The molecule has 16 heavy (non-hydrogen) atoms. The Morgan fingerprint density at radius 1 is 1.50 bits per heavy atom. The van der Waals surface area contributed by atoms with Crippen LogP contribution in [0.15, 0.2) is 11.8 Å². The normalized spacial score (nSPS) is 27.3. The third kappa shape index (κ3) is 1.98. The van der Waals surface area contributed by atoms with Gasteiger partial charge in [0.25, 0.3) is 0 Å². The number of hydrogen-bond acceptors (Lipinski definition) is 3. The molecule has 0 aromatic carbocycles. The van der Waals surface area contributed by atoms with Crippen molar-refractivity contribution in [3.8, 4) is 0 Å². The summed E-state index contributed by atoms with van der Waals surface area (Å²) in [7, 11) is 0. The first-order valence-electron chi connectivity index (χ1n) is 6.52. The van der Waals surface area contributed by atoms with Gasteiger partial charge in [-0.25, -0.2) is 0 Å². The molecule has 92 valence electrons. The van der Waals surface area contributed by atoms with Crippen molar-refractivity contribution < 1.29 is 4.74 Å². The molecule has 2 unspecified atom stereocenters. The number of likely N-dealkylation sites (tertiary alicyclic amines) is 1. The van der Waals surface area contributed by atoms with Crippen LogP contribution in [0.4, 0.5) is 0 Å². The van der Waals surface area contributed by atoms with Crippen LogP contribution in [0.3, 0.4) is 0 Å². The smallest absolute Gasteiger partial charge is 0.111 e. The molecule has 3 nitrogen and oxygen atoms in total. The van der Waals surface area contributed by atoms with Gasteiger partial charge in [0.1, 0.15) is 5.76 Å². The van der Waals surface area contributed by atoms with Crippen molar-refractivity contribution >= 4 is 0 Å². The molecule has 1 fully saturated rings. The predicted molar refractivity (Wildman–Crippen MR) is 66.1 cm³/mol. The Balaban J connectivity index is 2.12. The molecule has 2 heterocycles. The van der Waals surface area contributed by atoms with E-state index in [0.717, 1.165) is 25.2 Å². The lowest BCUT2D eigenvalue weighted by Crippen LogP contribution is -2.57. The summed E-state index contributed by atoms with van der Waals surface area (Å²) in [6.45, 7) is 7.69. The first-order valence-corrected chi connectivity index (χ1v) is 6.52. The van der Waals surface area contributed by atoms with Gasteiger partial charge in [0.15, 0.2) is 0 Å². The van der Waals surface area contributed by atoms with Gasteiger partial charge in [0.05, 0.1) is 12.6 Å². The van der Waals surface area contributed by atoms with Crippen LogP contribution in [0.2, 0.25) is 0 Å². The second-order valence-electron chi connectivity index (χ2n) is 5.13. The van der Waals surface area contributed by atoms with Crippen molar-refractivity contribution in [3.05, 3.63) is 11.8 Å². The SMILES string of the molecule is CCC(C)(C(N)C1=CCCO1)N1CCCC1. The Morgan fingerprint density at radius 2 is 2.19 bits per heavy atom. The van der Waals surface area contributed by atoms with E-state index in [-0.39, 0.29) is 11.6 Å². The summed E-state index contributed by atoms with van der Waals surface area (Å²) >= 11 is 0. The summed E-state index contributed by atoms with van der Waals surface area (Å²) in [5.74, 6) is 1.01. The third-order valence-electron chi connectivity index (χ3n) is 4.25. The van der Waals surface area contributed by atoms with Crippen molar-refractivity contribution in [3.63, 3.8) is 0 Å². The zero-order chi connectivity index (χ0) is 11.6. The van der Waals surface area contributed by atoms with E-state index < -0.39 is 0 Å². The topological polar surface area (TPSA) is 38.5 Å². The van der Waals surface area contributed by atoms with E-state index in [9.17, 15) is 0 Å². The van der Waals surface area contributed by atoms with Gasteiger partial charge in [0, 0.05) is 12.0 Å². The molecule has 3 heteroatoms. The number of hydrogen-bond donors (Lipinski definition) is 1. The molecule has 2 aliphatic heterocycles. The van der Waals surface area contributed by atoms with E-state index >= 15 is 0 Å². The van der Waals surface area contributed by atoms with Crippen LogP contribution in [0.1, 0.15) is 39.5 Å². The molecule has 0 aliphatic carbocycles. The highest BCUT2D eigenvalue weighted by molar-refractivity contribution is 5.15. The second kappa shape index (κ2) is 4.76. The zero-order valence-corrected chi connectivity index (χ0v) is 10.5. The largest absolute Gasteiger partial charge is 0.496 e. The summed E-state index contributed by atoms with van der Waals surface area (Å²) in [6.07, 6.45) is 6.87. The monoisotopic (exact) mass is 224 g/mol. The van der Waals surface area contributed by atoms with E-state index in [1.807, 2.05) is 0 Å². The average Bonchev–Trinajstić information content (AvgIpc) is 2.98. The number of nitrogens with two attached hydrogens (primary N) is 1. The highest BCUT2D eigenvalue weighted by Crippen LogP contribution is 2.31. The van der Waals surface area contributed by atoms with Gasteiger partial charge in [-0.3, -0.25) is 4.90 Å². The summed E-state index contributed by atoms with van der Waals surface area (Å²) in [5, 5.41) is 0. The predicted octanol–water partition coefficient (Wildman–Crippen LogP) is 1.88. The standard InChI is InChI=1S/C13H24N2O/c1-3-13(2,15-8-4-5-9-15)12(14)11-7-6-10-16-11/h7,12H,3-6,8-10,14H2,1-2H3. The minimum atomic E-state index is 0.0260. The van der Waals surface area contributed by atoms with Gasteiger partial charge >= 0.3 is 0 Å². The maximum absolute atomic E-state index is 6.41. The molecule has 1 saturated heterocycles. The second-order valence-corrected chi connectivity index (χ2v) is 5.13. The molecule has 2 aliphatic rings. The lowest BCUT2D eigenvalue weighted by Gasteiger charge is -2.42. The highest BCUT2D eigenvalue weighted by Gasteiger charge is 2.40. The number of rotatable bonds is 4. The molecule has 0 amide bonds. The molecule has 0 spiro atoms. The Bertz CT molecular complexity index is 271. The molecule has 0 saturated carbocycles. The van der Waals surface area contributed by atoms with E-state index in [4.69, 9.17) is 10.5 Å². The van der Waals surface area contributed by atoms with Crippen molar-refractivity contribution in [1.29, 1.82) is 0 Å². The average molecular weight is 224 g/mol. The van der Waals surface area contributed by atoms with Gasteiger partial charge in [-0.1, -0.05) is 6.92 Å². The fourth-order valence-electron chi connectivity index (χ4n) is 2.83. The Hall–Kier alpha value is -0.540. The maximum Gasteiger partial charge on any atom is 0.111 e. The first-order chi connectivity index (χ1) is 7.68. The van der Waals surface area contributed by atoms with Crippen LogP contribution in [-0.2, 0) is 4.74 Å². The highest BCUT2D eigenvalue weighted by atomic mass is 16.5. The lowest BCUT2D eigenvalue weighted by molar-refractivity contribution is 0.0849. The van der Waals surface area contributed by atoms with Gasteiger partial charge in [-0.15, -0.1) is 0 Å². The summed E-state index contributed by atoms with van der Waals surface area (Å²) in [6, 6.07) is 0.0260. The molecule has 0 aromatic heterocycles. The zero-order valence-electron chi connectivity index (χ0n) is 10.5. The minimum absolute atomic E-state index is 0.0260. The van der Waals surface area contributed by atoms with Crippen molar-refractivity contribution in [2.75, 3.05) is 19.7 Å². The van der Waals surface area contributed by atoms with Crippen molar-refractivity contribution in [1.82, 2.24) is 4.90 Å². The first kappa shape index (κ1) is 11.9. The summed E-state index contributed by atoms with van der Waals surface area (Å²) < 4.78 is 5.63. The summed E-state index contributed by atoms with van der Waals surface area (Å²) in [5.41, 5.74) is 6.48. The van der Waals surface area contributed by atoms with Crippen LogP contribution in [0, 0.1) is 0 Å². The molecule has 2 rings (SSSR count). The fraction of sp³-hybridized carbons (Fsp3) is 0.846. The molecule has 2 atom stereocenters. The van der Waals surface area contributed by atoms with E-state index in [2.05, 4.69) is 24.8 Å². The Labute approximate surface area is 98.6 Å². The Morgan fingerprint density at radius 3 is 2.69 bits per heavy atom. The molecular weight excluding hydrogens is 200 g/mol. The van der Waals surface area contributed by atoms with Crippen molar-refractivity contribution in [2.45, 2.75) is 51.1 Å². The number of nitrogens with zero attached hydrogens (tertiary/aromatic N) is 1. The summed E-state index contributed by atoms with van der Waals surface area (Å²) in [4.78, 5) is 2.54. The quantitative estimate of drug-likeness (QED) is 0.792. The third-order valence-corrected chi connectivity index (χ3v) is 4.25. The van der Waals surface area contributed by atoms with Gasteiger partial charge < -0.3 is 10.5 Å². The number of ether oxygens (including phenoxy) is 1. The van der Waals surface area contributed by atoms with Crippen molar-refractivity contribution in [2.24, 2.45) is 5.73 Å². The lowest BCUT2D eigenvalue weighted by atomic mass is 9.86. The van der Waals surface area contributed by atoms with Crippen LogP contribution in [0.25, 0.3) is 0 Å². The van der Waals surface area contributed by atoms with Crippen LogP contribution < -0.4 is 5.73 Å². The maximum atomic E-state index is 6.41. The fourth-order valence-corrected chi connectivity index (χ4v) is 2.83.